The molecular formula is C21H18ClN5O4. The highest BCUT2D eigenvalue weighted by atomic mass is 35.5. The Labute approximate surface area is 181 Å². The molecule has 4 aromatic rings. The number of ether oxygens (including phenoxy) is 2. The number of nitrogens with zero attached hydrogens (tertiary/aromatic N) is 3. The number of pyridine rings is 1. The minimum absolute atomic E-state index is 0.121. The predicted octanol–water partition coefficient (Wildman–Crippen LogP) is 3.78. The topological polar surface area (TPSA) is 111 Å². The number of furan rings is 1. The molecule has 0 saturated heterocycles. The molecule has 1 amide bonds. The minimum atomic E-state index is -0.272. The molecule has 1 aliphatic rings. The standard InChI is InChI=1S/C21H18ClN5O4/c1-10-13(8-29-2)27-19-18-11-3-6-16(31-17-7-15(22)23-9-24-17)26-12(11)4-5-14(18)30-20(19)21(28)25-10/h3-7,9-10,13,27H,8H2,1-2H3,(H,25,28)/t10-,13+/m1/s1. The molecule has 1 aliphatic heterocycles. The lowest BCUT2D eigenvalue weighted by Gasteiger charge is -2.22. The number of aromatic nitrogens is 3. The van der Waals surface area contributed by atoms with Crippen LogP contribution in [-0.2, 0) is 4.74 Å². The van der Waals surface area contributed by atoms with E-state index in [1.54, 1.807) is 19.2 Å². The Morgan fingerprint density at radius 1 is 1.16 bits per heavy atom. The molecule has 2 atom stereocenters. The van der Waals surface area contributed by atoms with Crippen LogP contribution in [0.1, 0.15) is 17.5 Å². The fraction of sp³-hybridized carbons (Fsp3) is 0.238. The number of benzene rings is 1. The van der Waals surface area contributed by atoms with Gasteiger partial charge in [0, 0.05) is 30.7 Å². The van der Waals surface area contributed by atoms with E-state index in [1.807, 2.05) is 19.1 Å². The second-order valence-electron chi connectivity index (χ2n) is 7.21. The van der Waals surface area contributed by atoms with Crippen LogP contribution < -0.4 is 15.4 Å². The highest BCUT2D eigenvalue weighted by Gasteiger charge is 2.31. The maximum Gasteiger partial charge on any atom is 0.289 e. The number of halogens is 1. The summed E-state index contributed by atoms with van der Waals surface area (Å²) in [5.41, 5.74) is 1.89. The molecule has 158 valence electrons. The van der Waals surface area contributed by atoms with Gasteiger partial charge in [0.2, 0.25) is 17.5 Å². The summed E-state index contributed by atoms with van der Waals surface area (Å²) in [6.45, 7) is 2.35. The van der Waals surface area contributed by atoms with Gasteiger partial charge in [0.25, 0.3) is 5.91 Å². The summed E-state index contributed by atoms with van der Waals surface area (Å²) in [5, 5.41) is 8.25. The van der Waals surface area contributed by atoms with Crippen molar-refractivity contribution in [2.45, 2.75) is 19.0 Å². The van der Waals surface area contributed by atoms with Gasteiger partial charge in [0.05, 0.1) is 29.2 Å². The minimum Gasteiger partial charge on any atom is -0.449 e. The fourth-order valence-electron chi connectivity index (χ4n) is 3.67. The summed E-state index contributed by atoms with van der Waals surface area (Å²) in [7, 11) is 1.63. The highest BCUT2D eigenvalue weighted by molar-refractivity contribution is 6.29. The van der Waals surface area contributed by atoms with Gasteiger partial charge in [-0.2, -0.15) is 0 Å². The van der Waals surface area contributed by atoms with Crippen LogP contribution in [0.2, 0.25) is 5.15 Å². The fourth-order valence-corrected chi connectivity index (χ4v) is 3.80. The summed E-state index contributed by atoms with van der Waals surface area (Å²) in [4.78, 5) is 25.1. The number of carbonyl (C=O) groups excluding carboxylic acids is 1. The molecule has 0 saturated carbocycles. The first-order valence-electron chi connectivity index (χ1n) is 9.61. The average molecular weight is 440 g/mol. The highest BCUT2D eigenvalue weighted by Crippen LogP contribution is 2.38. The lowest BCUT2D eigenvalue weighted by Crippen LogP contribution is -2.44. The molecule has 31 heavy (non-hydrogen) atoms. The van der Waals surface area contributed by atoms with Crippen molar-refractivity contribution in [3.05, 3.63) is 47.6 Å². The van der Waals surface area contributed by atoms with E-state index in [-0.39, 0.29) is 28.9 Å². The maximum absolute atomic E-state index is 12.7. The summed E-state index contributed by atoms with van der Waals surface area (Å²) in [6, 6.07) is 8.44. The molecule has 4 heterocycles. The zero-order valence-corrected chi connectivity index (χ0v) is 17.4. The molecule has 0 radical (unpaired) electrons. The molecule has 1 aromatic carbocycles. The number of anilines is 1. The number of carbonyl (C=O) groups is 1. The normalized spacial score (nSPS) is 18.4. The first-order chi connectivity index (χ1) is 15.0. The van der Waals surface area contributed by atoms with Crippen molar-refractivity contribution in [3.8, 4) is 11.8 Å². The molecule has 10 heteroatoms. The van der Waals surface area contributed by atoms with E-state index in [0.717, 1.165) is 10.8 Å². The Kier molecular flexibility index (Phi) is 4.84. The van der Waals surface area contributed by atoms with Crippen LogP contribution in [0.15, 0.2) is 41.1 Å². The predicted molar refractivity (Wildman–Crippen MR) is 115 cm³/mol. The smallest absolute Gasteiger partial charge is 0.289 e. The second kappa shape index (κ2) is 7.68. The number of nitrogens with one attached hydrogen (secondary N) is 2. The van der Waals surface area contributed by atoms with Crippen molar-refractivity contribution in [1.82, 2.24) is 20.3 Å². The molecule has 3 aromatic heterocycles. The van der Waals surface area contributed by atoms with Gasteiger partial charge in [0.1, 0.15) is 17.1 Å². The lowest BCUT2D eigenvalue weighted by molar-refractivity contribution is 0.0906. The molecule has 0 fully saturated rings. The Hall–Kier alpha value is -3.43. The monoisotopic (exact) mass is 439 g/mol. The zero-order chi connectivity index (χ0) is 21.5. The molecule has 0 bridgehead atoms. The third-order valence-electron chi connectivity index (χ3n) is 5.16. The third kappa shape index (κ3) is 3.51. The molecule has 5 rings (SSSR count). The SMILES string of the molecule is COC[C@@H]1Nc2c(oc3ccc4nc(Oc5cc(Cl)ncn5)ccc4c23)C(=O)N[C@@H]1C. The Morgan fingerprint density at radius 2 is 2.03 bits per heavy atom. The van der Waals surface area contributed by atoms with Crippen LogP contribution in [0.4, 0.5) is 5.69 Å². The van der Waals surface area contributed by atoms with Crippen molar-refractivity contribution in [2.24, 2.45) is 0 Å². The number of amides is 1. The Morgan fingerprint density at radius 3 is 2.84 bits per heavy atom. The molecule has 2 N–H and O–H groups in total. The van der Waals surface area contributed by atoms with Gasteiger partial charge in [-0.25, -0.2) is 15.0 Å². The first kappa shape index (κ1) is 19.5. The van der Waals surface area contributed by atoms with Crippen molar-refractivity contribution < 1.29 is 18.7 Å². The Bertz CT molecular complexity index is 1310. The number of methoxy groups -OCH3 is 1. The average Bonchev–Trinajstić information content (AvgIpc) is 3.07. The number of fused-ring (bicyclic) bond motifs is 5. The van der Waals surface area contributed by atoms with E-state index >= 15 is 0 Å². The van der Waals surface area contributed by atoms with Crippen LogP contribution >= 0.6 is 11.6 Å². The molecule has 0 aliphatic carbocycles. The van der Waals surface area contributed by atoms with Crippen LogP contribution in [0.5, 0.6) is 11.8 Å². The third-order valence-corrected chi connectivity index (χ3v) is 5.37. The van der Waals surface area contributed by atoms with E-state index in [4.69, 9.17) is 25.5 Å². The number of rotatable bonds is 4. The molecule has 9 nitrogen and oxygen atoms in total. The van der Waals surface area contributed by atoms with E-state index in [1.165, 1.54) is 12.4 Å². The van der Waals surface area contributed by atoms with Gasteiger partial charge in [0.15, 0.2) is 0 Å². The van der Waals surface area contributed by atoms with Gasteiger partial charge >= 0.3 is 0 Å². The van der Waals surface area contributed by atoms with E-state index in [0.29, 0.717) is 35.2 Å². The number of hydrogen-bond acceptors (Lipinski definition) is 8. The van der Waals surface area contributed by atoms with Gasteiger partial charge in [-0.1, -0.05) is 11.6 Å². The van der Waals surface area contributed by atoms with Crippen LogP contribution in [-0.4, -0.2) is 46.7 Å². The van der Waals surface area contributed by atoms with E-state index in [9.17, 15) is 4.79 Å². The van der Waals surface area contributed by atoms with Crippen LogP contribution in [0.3, 0.4) is 0 Å². The quantitative estimate of drug-likeness (QED) is 0.462. The lowest BCUT2D eigenvalue weighted by atomic mass is 10.1. The zero-order valence-electron chi connectivity index (χ0n) is 16.7. The molecule has 0 spiro atoms. The first-order valence-corrected chi connectivity index (χ1v) is 9.99. The maximum atomic E-state index is 12.7. The van der Waals surface area contributed by atoms with Gasteiger partial charge in [-0.05, 0) is 25.1 Å². The summed E-state index contributed by atoms with van der Waals surface area (Å²) < 4.78 is 16.9. The summed E-state index contributed by atoms with van der Waals surface area (Å²) >= 11 is 5.89. The summed E-state index contributed by atoms with van der Waals surface area (Å²) in [5.74, 6) is 0.614. The van der Waals surface area contributed by atoms with E-state index in [2.05, 4.69) is 25.6 Å². The van der Waals surface area contributed by atoms with Gasteiger partial charge in [-0.15, -0.1) is 0 Å². The van der Waals surface area contributed by atoms with Crippen molar-refractivity contribution in [3.63, 3.8) is 0 Å². The number of hydrogen-bond donors (Lipinski definition) is 2. The van der Waals surface area contributed by atoms with E-state index < -0.39 is 0 Å². The largest absolute Gasteiger partial charge is 0.449 e. The Balaban J connectivity index is 1.61. The summed E-state index contributed by atoms with van der Waals surface area (Å²) in [6.07, 6.45) is 1.32. The van der Waals surface area contributed by atoms with Crippen molar-refractivity contribution >= 4 is 45.1 Å². The van der Waals surface area contributed by atoms with Gasteiger partial charge in [-0.3, -0.25) is 4.79 Å². The van der Waals surface area contributed by atoms with Crippen LogP contribution in [0, 0.1) is 0 Å². The van der Waals surface area contributed by atoms with Crippen molar-refractivity contribution in [1.29, 1.82) is 0 Å². The second-order valence-corrected chi connectivity index (χ2v) is 7.60. The van der Waals surface area contributed by atoms with Crippen molar-refractivity contribution in [2.75, 3.05) is 19.0 Å². The van der Waals surface area contributed by atoms with Gasteiger partial charge < -0.3 is 24.5 Å². The molecule has 0 unspecified atom stereocenters. The molecular weight excluding hydrogens is 422 g/mol. The van der Waals surface area contributed by atoms with Crippen LogP contribution in [0.25, 0.3) is 21.9 Å².